The molecule has 2 rings (SSSR count). The Morgan fingerprint density at radius 2 is 1.91 bits per heavy atom. The van der Waals surface area contributed by atoms with Gasteiger partial charge in [0.25, 0.3) is 0 Å². The van der Waals surface area contributed by atoms with Gasteiger partial charge < -0.3 is 15.2 Å². The summed E-state index contributed by atoms with van der Waals surface area (Å²) >= 11 is 0. The summed E-state index contributed by atoms with van der Waals surface area (Å²) in [5, 5.41) is 7.53. The van der Waals surface area contributed by atoms with Crippen LogP contribution in [0.2, 0.25) is 0 Å². The summed E-state index contributed by atoms with van der Waals surface area (Å²) in [7, 11) is 1.27. The summed E-state index contributed by atoms with van der Waals surface area (Å²) in [6.07, 6.45) is 0. The Balaban J connectivity index is 1.93. The normalized spacial score (nSPS) is 11.3. The van der Waals surface area contributed by atoms with E-state index in [4.69, 9.17) is 10.5 Å². The molecule has 7 nitrogen and oxygen atoms in total. The number of nitrogens with two attached hydrogens (primary N) is 1. The molecule has 0 bridgehead atoms. The van der Waals surface area contributed by atoms with Crippen LogP contribution in [0.25, 0.3) is 0 Å². The third kappa shape index (κ3) is 4.00. The van der Waals surface area contributed by atoms with Gasteiger partial charge in [0, 0.05) is 0 Å². The number of ether oxygens (including phenoxy) is 2. The van der Waals surface area contributed by atoms with Crippen LogP contribution in [0.1, 0.15) is 36.8 Å². The lowest BCUT2D eigenvalue weighted by atomic mass is 9.87. The van der Waals surface area contributed by atoms with Gasteiger partial charge >= 0.3 is 5.97 Å². The molecule has 1 aromatic carbocycles. The van der Waals surface area contributed by atoms with Gasteiger partial charge in [-0.05, 0) is 23.1 Å². The summed E-state index contributed by atoms with van der Waals surface area (Å²) in [5.74, 6) is 0.334. The first kappa shape index (κ1) is 16.8. The fourth-order valence-electron chi connectivity index (χ4n) is 2.03. The Hall–Kier alpha value is -2.57. The average Bonchev–Trinajstić information content (AvgIpc) is 2.87. The zero-order valence-corrected chi connectivity index (χ0v) is 13.9. The second-order valence-corrected chi connectivity index (χ2v) is 6.16. The van der Waals surface area contributed by atoms with Gasteiger partial charge in [-0.2, -0.15) is 0 Å². The van der Waals surface area contributed by atoms with Crippen LogP contribution in [0.5, 0.6) is 5.75 Å². The standard InChI is InChI=1S/C16H22N4O3/c1-16(2,3)11-5-7-12(8-6-11)23-10-9-20-14(17)13(18-19-20)15(21)22-4/h5-8H,9-10,17H2,1-4H3. The zero-order valence-electron chi connectivity index (χ0n) is 13.9. The minimum absolute atomic E-state index is 0.0158. The second kappa shape index (κ2) is 6.68. The summed E-state index contributed by atoms with van der Waals surface area (Å²) in [6.45, 7) is 7.24. The van der Waals surface area contributed by atoms with E-state index in [2.05, 4.69) is 48.0 Å². The number of anilines is 1. The molecule has 124 valence electrons. The van der Waals surface area contributed by atoms with Crippen molar-refractivity contribution in [2.24, 2.45) is 0 Å². The van der Waals surface area contributed by atoms with Crippen molar-refractivity contribution in [3.05, 3.63) is 35.5 Å². The molecule has 0 aliphatic heterocycles. The van der Waals surface area contributed by atoms with Crippen molar-refractivity contribution in [1.82, 2.24) is 15.0 Å². The minimum Gasteiger partial charge on any atom is -0.492 e. The van der Waals surface area contributed by atoms with E-state index in [1.165, 1.54) is 17.4 Å². The predicted octanol–water partition coefficient (Wildman–Crippen LogP) is 2.02. The second-order valence-electron chi connectivity index (χ2n) is 6.16. The average molecular weight is 318 g/mol. The lowest BCUT2D eigenvalue weighted by Gasteiger charge is -2.19. The number of methoxy groups -OCH3 is 1. The van der Waals surface area contributed by atoms with Gasteiger partial charge in [0.2, 0.25) is 5.69 Å². The maximum Gasteiger partial charge on any atom is 0.362 e. The van der Waals surface area contributed by atoms with E-state index in [9.17, 15) is 4.79 Å². The first-order valence-electron chi connectivity index (χ1n) is 7.33. The Kier molecular flexibility index (Phi) is 4.88. The minimum atomic E-state index is -0.604. The molecule has 0 spiro atoms. The van der Waals surface area contributed by atoms with Crippen molar-refractivity contribution in [2.75, 3.05) is 19.5 Å². The van der Waals surface area contributed by atoms with Gasteiger partial charge in [0.15, 0.2) is 5.82 Å². The Morgan fingerprint density at radius 1 is 1.26 bits per heavy atom. The third-order valence-corrected chi connectivity index (χ3v) is 3.44. The van der Waals surface area contributed by atoms with Crippen molar-refractivity contribution in [3.63, 3.8) is 0 Å². The highest BCUT2D eigenvalue weighted by molar-refractivity contribution is 5.91. The van der Waals surface area contributed by atoms with Crippen LogP contribution in [0.15, 0.2) is 24.3 Å². The molecule has 0 fully saturated rings. The van der Waals surface area contributed by atoms with E-state index < -0.39 is 5.97 Å². The van der Waals surface area contributed by atoms with Crippen LogP contribution in [0, 0.1) is 0 Å². The summed E-state index contributed by atoms with van der Waals surface area (Å²) in [5.41, 5.74) is 7.18. The van der Waals surface area contributed by atoms with Gasteiger partial charge in [-0.3, -0.25) is 0 Å². The third-order valence-electron chi connectivity index (χ3n) is 3.44. The van der Waals surface area contributed by atoms with E-state index in [1.807, 2.05) is 12.1 Å². The van der Waals surface area contributed by atoms with Crippen LogP contribution >= 0.6 is 0 Å². The number of nitrogens with zero attached hydrogens (tertiary/aromatic N) is 3. The predicted molar refractivity (Wildman–Crippen MR) is 86.4 cm³/mol. The summed E-state index contributed by atoms with van der Waals surface area (Å²) < 4.78 is 11.7. The molecule has 2 aromatic rings. The number of hydrogen-bond acceptors (Lipinski definition) is 6. The maximum absolute atomic E-state index is 11.4. The Labute approximate surface area is 135 Å². The van der Waals surface area contributed by atoms with Crippen LogP contribution in [0.3, 0.4) is 0 Å². The number of benzene rings is 1. The first-order valence-corrected chi connectivity index (χ1v) is 7.33. The first-order chi connectivity index (χ1) is 10.8. The number of hydrogen-bond donors (Lipinski definition) is 1. The Morgan fingerprint density at radius 3 is 2.48 bits per heavy atom. The van der Waals surface area contributed by atoms with E-state index in [1.54, 1.807) is 0 Å². The van der Waals surface area contributed by atoms with Crippen molar-refractivity contribution >= 4 is 11.8 Å². The van der Waals surface area contributed by atoms with Crippen LogP contribution in [-0.4, -0.2) is 34.7 Å². The fraction of sp³-hybridized carbons (Fsp3) is 0.438. The summed E-state index contributed by atoms with van der Waals surface area (Å²) in [4.78, 5) is 11.4. The lowest BCUT2D eigenvalue weighted by molar-refractivity contribution is 0.0595. The molecule has 0 radical (unpaired) electrons. The van der Waals surface area contributed by atoms with Gasteiger partial charge in [0.1, 0.15) is 12.4 Å². The molecular formula is C16H22N4O3. The van der Waals surface area contributed by atoms with E-state index in [-0.39, 0.29) is 16.9 Å². The van der Waals surface area contributed by atoms with E-state index >= 15 is 0 Å². The quantitative estimate of drug-likeness (QED) is 0.848. The smallest absolute Gasteiger partial charge is 0.362 e. The number of carbonyl (C=O) groups excluding carboxylic acids is 1. The van der Waals surface area contributed by atoms with Gasteiger partial charge in [-0.15, -0.1) is 5.10 Å². The summed E-state index contributed by atoms with van der Waals surface area (Å²) in [6, 6.07) is 7.97. The topological polar surface area (TPSA) is 92.3 Å². The Bertz CT molecular complexity index is 672. The van der Waals surface area contributed by atoms with Crippen molar-refractivity contribution < 1.29 is 14.3 Å². The van der Waals surface area contributed by atoms with E-state index in [0.29, 0.717) is 13.2 Å². The van der Waals surface area contributed by atoms with E-state index in [0.717, 1.165) is 5.75 Å². The van der Waals surface area contributed by atoms with Crippen LogP contribution in [-0.2, 0) is 16.7 Å². The molecule has 2 N–H and O–H groups in total. The number of nitrogen functional groups attached to an aromatic ring is 1. The molecule has 0 aliphatic rings. The van der Waals surface area contributed by atoms with Crippen molar-refractivity contribution in [1.29, 1.82) is 0 Å². The van der Waals surface area contributed by atoms with Crippen LogP contribution in [0.4, 0.5) is 5.82 Å². The van der Waals surface area contributed by atoms with Gasteiger partial charge in [-0.1, -0.05) is 38.1 Å². The molecule has 0 saturated heterocycles. The largest absolute Gasteiger partial charge is 0.492 e. The van der Waals surface area contributed by atoms with Gasteiger partial charge in [0.05, 0.1) is 13.7 Å². The molecule has 0 atom stereocenters. The number of esters is 1. The monoisotopic (exact) mass is 318 g/mol. The fourth-order valence-corrected chi connectivity index (χ4v) is 2.03. The molecule has 0 saturated carbocycles. The highest BCUT2D eigenvalue weighted by Crippen LogP contribution is 2.24. The molecule has 0 aliphatic carbocycles. The highest BCUT2D eigenvalue weighted by atomic mass is 16.5. The zero-order chi connectivity index (χ0) is 17.0. The molecule has 0 amide bonds. The van der Waals surface area contributed by atoms with Crippen molar-refractivity contribution in [3.8, 4) is 5.75 Å². The van der Waals surface area contributed by atoms with Crippen LogP contribution < -0.4 is 10.5 Å². The highest BCUT2D eigenvalue weighted by Gasteiger charge is 2.17. The molecule has 23 heavy (non-hydrogen) atoms. The SMILES string of the molecule is COC(=O)c1nnn(CCOc2ccc(C(C)(C)C)cc2)c1N. The molecular weight excluding hydrogens is 296 g/mol. The number of aromatic nitrogens is 3. The van der Waals surface area contributed by atoms with Crippen molar-refractivity contribution in [2.45, 2.75) is 32.7 Å². The molecule has 7 heteroatoms. The molecule has 0 unspecified atom stereocenters. The maximum atomic E-state index is 11.4. The molecule has 1 aromatic heterocycles. The number of carbonyl (C=O) groups is 1. The lowest BCUT2D eigenvalue weighted by Crippen LogP contribution is -2.14. The number of rotatable bonds is 5. The van der Waals surface area contributed by atoms with Gasteiger partial charge in [-0.25, -0.2) is 9.48 Å². The molecule has 1 heterocycles.